The fourth-order valence-corrected chi connectivity index (χ4v) is 4.31. The van der Waals surface area contributed by atoms with Gasteiger partial charge in [0.05, 0.1) is 17.4 Å². The summed E-state index contributed by atoms with van der Waals surface area (Å²) in [5, 5.41) is 4.70. The van der Waals surface area contributed by atoms with Crippen LogP contribution in [0, 0.1) is 5.82 Å². The van der Waals surface area contributed by atoms with E-state index in [1.165, 1.54) is 12.1 Å². The van der Waals surface area contributed by atoms with Crippen molar-refractivity contribution in [2.24, 2.45) is 0 Å². The van der Waals surface area contributed by atoms with Gasteiger partial charge in [-0.25, -0.2) is 13.9 Å². The minimum absolute atomic E-state index is 0.0770. The van der Waals surface area contributed by atoms with Gasteiger partial charge in [0.15, 0.2) is 5.65 Å². The van der Waals surface area contributed by atoms with Crippen molar-refractivity contribution in [1.29, 1.82) is 0 Å². The lowest BCUT2D eigenvalue weighted by Crippen LogP contribution is -2.60. The average Bonchev–Trinajstić information content (AvgIpc) is 3.10. The zero-order valence-electron chi connectivity index (χ0n) is 19.1. The maximum absolute atomic E-state index is 13.4. The van der Waals surface area contributed by atoms with Crippen LogP contribution in [0.1, 0.15) is 50.7 Å². The second kappa shape index (κ2) is 7.41. The van der Waals surface area contributed by atoms with Gasteiger partial charge in [-0.2, -0.15) is 5.10 Å². The summed E-state index contributed by atoms with van der Waals surface area (Å²) < 4.78 is 15.1. The van der Waals surface area contributed by atoms with Crippen LogP contribution in [0.5, 0.6) is 0 Å². The Kier molecular flexibility index (Phi) is 5.12. The highest BCUT2D eigenvalue weighted by molar-refractivity contribution is 5.93. The third-order valence-corrected chi connectivity index (χ3v) is 5.93. The molecule has 1 aliphatic rings. The third-order valence-electron chi connectivity index (χ3n) is 5.93. The number of amides is 1. The Morgan fingerprint density at radius 3 is 2.42 bits per heavy atom. The number of carbonyl (C=O) groups excluding carboxylic acids is 1. The molecule has 0 aliphatic carbocycles. The van der Waals surface area contributed by atoms with E-state index in [1.807, 2.05) is 11.0 Å². The van der Waals surface area contributed by atoms with Crippen LogP contribution in [-0.2, 0) is 5.41 Å². The van der Waals surface area contributed by atoms with Crippen LogP contribution in [0.2, 0.25) is 0 Å². The first-order valence-corrected chi connectivity index (χ1v) is 10.6. The van der Waals surface area contributed by atoms with Gasteiger partial charge >= 0.3 is 0 Å². The fraction of sp³-hybridized carbons (Fsp3) is 0.458. The number of hydrogen-bond acceptors (Lipinski definition) is 4. The SMILES string of the molecule is CN1CCN(C(=O)c2cn3nc(-c4ccc(F)cc4)cc(C(C)(C)C)c3n2)C(C)(C)C1. The highest BCUT2D eigenvalue weighted by atomic mass is 19.1. The van der Waals surface area contributed by atoms with E-state index in [-0.39, 0.29) is 22.7 Å². The molecule has 0 unspecified atom stereocenters. The standard InChI is InChI=1S/C24H30FN5O/c1-23(2,3)18-13-19(16-7-9-17(25)10-8-16)27-30-14-20(26-21(18)30)22(31)29-12-11-28(6)15-24(29,4)5/h7-10,13-14H,11-12,15H2,1-6H3. The van der Waals surface area contributed by atoms with E-state index in [9.17, 15) is 9.18 Å². The van der Waals surface area contributed by atoms with E-state index in [2.05, 4.69) is 46.6 Å². The van der Waals surface area contributed by atoms with E-state index in [0.717, 1.165) is 24.2 Å². The van der Waals surface area contributed by atoms with Gasteiger partial charge in [0.25, 0.3) is 5.91 Å². The molecular weight excluding hydrogens is 393 g/mol. The number of imidazole rings is 1. The third kappa shape index (κ3) is 4.06. The number of nitrogens with zero attached hydrogens (tertiary/aromatic N) is 5. The lowest BCUT2D eigenvalue weighted by atomic mass is 9.87. The topological polar surface area (TPSA) is 53.7 Å². The first-order chi connectivity index (χ1) is 14.5. The maximum atomic E-state index is 13.4. The summed E-state index contributed by atoms with van der Waals surface area (Å²) in [7, 11) is 2.07. The smallest absolute Gasteiger partial charge is 0.274 e. The predicted molar refractivity (Wildman–Crippen MR) is 120 cm³/mol. The van der Waals surface area contributed by atoms with Crippen molar-refractivity contribution in [2.45, 2.75) is 45.6 Å². The summed E-state index contributed by atoms with van der Waals surface area (Å²) in [4.78, 5) is 22.3. The van der Waals surface area contributed by atoms with Gasteiger partial charge in [-0.1, -0.05) is 20.8 Å². The first-order valence-electron chi connectivity index (χ1n) is 10.6. The van der Waals surface area contributed by atoms with Crippen LogP contribution in [0.4, 0.5) is 4.39 Å². The molecule has 1 saturated heterocycles. The second-order valence-corrected chi connectivity index (χ2v) is 10.1. The number of halogens is 1. The highest BCUT2D eigenvalue weighted by Crippen LogP contribution is 2.30. The van der Waals surface area contributed by atoms with E-state index >= 15 is 0 Å². The molecule has 2 aromatic heterocycles. The van der Waals surface area contributed by atoms with Crippen molar-refractivity contribution in [3.8, 4) is 11.3 Å². The lowest BCUT2D eigenvalue weighted by molar-refractivity contribution is 0.0244. The fourth-order valence-electron chi connectivity index (χ4n) is 4.31. The van der Waals surface area contributed by atoms with E-state index in [0.29, 0.717) is 23.6 Å². The zero-order chi connectivity index (χ0) is 22.6. The molecule has 0 saturated carbocycles. The predicted octanol–water partition coefficient (Wildman–Crippen LogP) is 4.00. The lowest BCUT2D eigenvalue weighted by Gasteiger charge is -2.45. The highest BCUT2D eigenvalue weighted by Gasteiger charge is 2.37. The summed E-state index contributed by atoms with van der Waals surface area (Å²) in [5.41, 5.74) is 3.10. The van der Waals surface area contributed by atoms with Crippen LogP contribution in [0.3, 0.4) is 0 Å². The molecule has 1 aliphatic heterocycles. The molecule has 3 heterocycles. The van der Waals surface area contributed by atoms with Gasteiger partial charge in [-0.05, 0) is 56.6 Å². The number of benzene rings is 1. The molecule has 7 heteroatoms. The Hall–Kier alpha value is -2.80. The number of carbonyl (C=O) groups is 1. The van der Waals surface area contributed by atoms with Crippen molar-refractivity contribution in [2.75, 3.05) is 26.7 Å². The van der Waals surface area contributed by atoms with Gasteiger partial charge in [0.2, 0.25) is 0 Å². The monoisotopic (exact) mass is 423 g/mol. The number of hydrogen-bond donors (Lipinski definition) is 0. The number of fused-ring (bicyclic) bond motifs is 1. The average molecular weight is 424 g/mol. The Labute approximate surface area is 182 Å². The molecule has 164 valence electrons. The molecule has 6 nitrogen and oxygen atoms in total. The van der Waals surface area contributed by atoms with Crippen LogP contribution in [0.15, 0.2) is 36.5 Å². The zero-order valence-corrected chi connectivity index (χ0v) is 19.1. The molecule has 31 heavy (non-hydrogen) atoms. The molecule has 1 aromatic carbocycles. The Bertz CT molecular complexity index is 1130. The molecular formula is C24H30FN5O. The summed E-state index contributed by atoms with van der Waals surface area (Å²) >= 11 is 0. The molecule has 0 N–H and O–H groups in total. The largest absolute Gasteiger partial charge is 0.330 e. The van der Waals surface area contributed by atoms with E-state index in [4.69, 9.17) is 10.1 Å². The van der Waals surface area contributed by atoms with Crippen molar-refractivity contribution < 1.29 is 9.18 Å². The van der Waals surface area contributed by atoms with Crippen molar-refractivity contribution in [1.82, 2.24) is 24.4 Å². The van der Waals surface area contributed by atoms with Crippen LogP contribution >= 0.6 is 0 Å². The van der Waals surface area contributed by atoms with Gasteiger partial charge in [-0.15, -0.1) is 0 Å². The van der Waals surface area contributed by atoms with Crippen molar-refractivity contribution >= 4 is 11.6 Å². The Morgan fingerprint density at radius 2 is 1.81 bits per heavy atom. The molecule has 0 spiro atoms. The van der Waals surface area contributed by atoms with E-state index in [1.54, 1.807) is 22.8 Å². The van der Waals surface area contributed by atoms with Crippen LogP contribution in [-0.4, -0.2) is 62.5 Å². The summed E-state index contributed by atoms with van der Waals surface area (Å²) in [5.74, 6) is -0.363. The summed E-state index contributed by atoms with van der Waals surface area (Å²) in [6.07, 6.45) is 1.72. The maximum Gasteiger partial charge on any atom is 0.274 e. The first kappa shape index (κ1) is 21.4. The van der Waals surface area contributed by atoms with Gasteiger partial charge in [-0.3, -0.25) is 4.79 Å². The number of rotatable bonds is 2. The molecule has 3 aromatic rings. The van der Waals surface area contributed by atoms with Crippen LogP contribution < -0.4 is 0 Å². The number of piperazine rings is 1. The summed E-state index contributed by atoms with van der Waals surface area (Å²) in [6, 6.07) is 8.27. The molecule has 1 fully saturated rings. The second-order valence-electron chi connectivity index (χ2n) is 10.1. The minimum atomic E-state index is -0.286. The molecule has 0 atom stereocenters. The summed E-state index contributed by atoms with van der Waals surface area (Å²) in [6.45, 7) is 12.8. The van der Waals surface area contributed by atoms with E-state index < -0.39 is 0 Å². The van der Waals surface area contributed by atoms with Gasteiger partial charge in [0.1, 0.15) is 11.5 Å². The molecule has 0 radical (unpaired) electrons. The quantitative estimate of drug-likeness (QED) is 0.625. The van der Waals surface area contributed by atoms with Gasteiger partial charge in [0, 0.05) is 30.8 Å². The Balaban J connectivity index is 1.81. The Morgan fingerprint density at radius 1 is 1.13 bits per heavy atom. The van der Waals surface area contributed by atoms with Crippen LogP contribution in [0.25, 0.3) is 16.9 Å². The minimum Gasteiger partial charge on any atom is -0.330 e. The molecule has 4 rings (SSSR count). The van der Waals surface area contributed by atoms with Crippen molar-refractivity contribution in [3.63, 3.8) is 0 Å². The number of likely N-dealkylation sites (N-methyl/N-ethyl adjacent to an activating group) is 1. The normalized spacial score (nSPS) is 17.3. The molecule has 0 bridgehead atoms. The number of aromatic nitrogens is 3. The molecule has 1 amide bonds. The van der Waals surface area contributed by atoms with Crippen molar-refractivity contribution in [3.05, 3.63) is 53.6 Å². The van der Waals surface area contributed by atoms with Gasteiger partial charge < -0.3 is 9.80 Å².